The molecule has 1 heterocycles. The van der Waals surface area contributed by atoms with Crippen molar-refractivity contribution in [3.8, 4) is 11.5 Å². The summed E-state index contributed by atoms with van der Waals surface area (Å²) in [5.74, 6) is -0.606. The summed E-state index contributed by atoms with van der Waals surface area (Å²) >= 11 is 0. The summed E-state index contributed by atoms with van der Waals surface area (Å²) in [6, 6.07) is 9.09. The second kappa shape index (κ2) is 5.33. The first-order chi connectivity index (χ1) is 10.1. The van der Waals surface area contributed by atoms with Gasteiger partial charge in [-0.05, 0) is 12.1 Å². The Morgan fingerprint density at radius 1 is 1.19 bits per heavy atom. The third-order valence-corrected chi connectivity index (χ3v) is 3.69. The molecule has 3 rings (SSSR count). The minimum Gasteiger partial charge on any atom is -0.497 e. The molecule has 2 aromatic rings. The summed E-state index contributed by atoms with van der Waals surface area (Å²) in [6.07, 6.45) is -0.227. The molecule has 5 heteroatoms. The summed E-state index contributed by atoms with van der Waals surface area (Å²) in [6.45, 7) is 0. The minimum atomic E-state index is -0.888. The van der Waals surface area contributed by atoms with Crippen LogP contribution in [0, 0.1) is 11.6 Å². The van der Waals surface area contributed by atoms with Gasteiger partial charge in [-0.1, -0.05) is 18.2 Å². The minimum absolute atomic E-state index is 0.180. The first-order valence-corrected chi connectivity index (χ1v) is 6.64. The molecule has 0 saturated heterocycles. The third kappa shape index (κ3) is 2.45. The van der Waals surface area contributed by atoms with E-state index in [9.17, 15) is 8.78 Å². The molecule has 0 spiro atoms. The smallest absolute Gasteiger partial charge is 0.165 e. The van der Waals surface area contributed by atoms with Gasteiger partial charge in [-0.2, -0.15) is 0 Å². The maximum atomic E-state index is 13.9. The number of hydrogen-bond donors (Lipinski definition) is 1. The molecule has 2 atom stereocenters. The molecule has 0 aromatic heterocycles. The molecule has 2 N–H and O–H groups in total. The average Bonchev–Trinajstić information content (AvgIpc) is 2.49. The van der Waals surface area contributed by atoms with E-state index in [4.69, 9.17) is 15.2 Å². The summed E-state index contributed by atoms with van der Waals surface area (Å²) in [4.78, 5) is 0. The normalized spacial score (nSPS) is 20.6. The zero-order valence-corrected chi connectivity index (χ0v) is 11.5. The Balaban J connectivity index is 1.99. The second-order valence-electron chi connectivity index (χ2n) is 5.00. The molecule has 0 amide bonds. The third-order valence-electron chi connectivity index (χ3n) is 3.69. The zero-order chi connectivity index (χ0) is 15.0. The molecule has 0 radical (unpaired) electrons. The van der Waals surface area contributed by atoms with E-state index in [0.29, 0.717) is 17.9 Å². The SMILES string of the molecule is COc1ccc2c(c1)OC(c1cccc(F)c1F)C[C@H]2N. The van der Waals surface area contributed by atoms with Gasteiger partial charge in [0.2, 0.25) is 0 Å². The predicted octanol–water partition coefficient (Wildman–Crippen LogP) is 3.50. The van der Waals surface area contributed by atoms with Crippen molar-refractivity contribution >= 4 is 0 Å². The molecule has 0 bridgehead atoms. The summed E-state index contributed by atoms with van der Waals surface area (Å²) in [5.41, 5.74) is 7.13. The van der Waals surface area contributed by atoms with Gasteiger partial charge >= 0.3 is 0 Å². The quantitative estimate of drug-likeness (QED) is 0.921. The lowest BCUT2D eigenvalue weighted by atomic mass is 9.93. The average molecular weight is 291 g/mol. The molecule has 0 saturated carbocycles. The molecule has 3 nitrogen and oxygen atoms in total. The maximum Gasteiger partial charge on any atom is 0.165 e. The molecule has 21 heavy (non-hydrogen) atoms. The van der Waals surface area contributed by atoms with Crippen LogP contribution in [0.5, 0.6) is 11.5 Å². The molecule has 110 valence electrons. The number of nitrogens with two attached hydrogens (primary N) is 1. The van der Waals surface area contributed by atoms with E-state index in [-0.39, 0.29) is 11.6 Å². The highest BCUT2D eigenvalue weighted by molar-refractivity contribution is 5.44. The van der Waals surface area contributed by atoms with Crippen LogP contribution in [0.25, 0.3) is 0 Å². The van der Waals surface area contributed by atoms with Gasteiger partial charge in [0, 0.05) is 29.7 Å². The van der Waals surface area contributed by atoms with Crippen LogP contribution >= 0.6 is 0 Å². The maximum absolute atomic E-state index is 13.9. The lowest BCUT2D eigenvalue weighted by molar-refractivity contribution is 0.155. The van der Waals surface area contributed by atoms with E-state index in [1.165, 1.54) is 12.1 Å². The molecule has 1 unspecified atom stereocenters. The molecule has 1 aliphatic heterocycles. The first-order valence-electron chi connectivity index (χ1n) is 6.64. The van der Waals surface area contributed by atoms with E-state index in [1.54, 1.807) is 19.2 Å². The van der Waals surface area contributed by atoms with Crippen molar-refractivity contribution in [3.05, 3.63) is 59.2 Å². The van der Waals surface area contributed by atoms with Gasteiger partial charge in [0.05, 0.1) is 7.11 Å². The van der Waals surface area contributed by atoms with Gasteiger partial charge < -0.3 is 15.2 Å². The predicted molar refractivity (Wildman–Crippen MR) is 74.3 cm³/mol. The van der Waals surface area contributed by atoms with Gasteiger partial charge in [0.1, 0.15) is 17.6 Å². The van der Waals surface area contributed by atoms with Crippen molar-refractivity contribution in [2.45, 2.75) is 18.6 Å². The standard InChI is InChI=1S/C16H15F2NO2/c1-20-9-5-6-10-13(19)8-15(21-14(10)7-9)11-3-2-4-12(17)16(11)18/h2-7,13,15H,8,19H2,1H3/t13-,15?/m1/s1. The summed E-state index contributed by atoms with van der Waals surface area (Å²) < 4.78 is 38.2. The van der Waals surface area contributed by atoms with E-state index < -0.39 is 17.7 Å². The first kappa shape index (κ1) is 13.8. The van der Waals surface area contributed by atoms with Crippen LogP contribution in [-0.2, 0) is 0 Å². The Morgan fingerprint density at radius 3 is 2.76 bits per heavy atom. The number of benzene rings is 2. The zero-order valence-electron chi connectivity index (χ0n) is 11.5. The molecule has 2 aromatic carbocycles. The highest BCUT2D eigenvalue weighted by Gasteiger charge is 2.29. The van der Waals surface area contributed by atoms with Crippen molar-refractivity contribution in [2.24, 2.45) is 5.73 Å². The van der Waals surface area contributed by atoms with Gasteiger partial charge in [-0.25, -0.2) is 8.78 Å². The van der Waals surface area contributed by atoms with Crippen molar-refractivity contribution in [1.29, 1.82) is 0 Å². The number of halogens is 2. The Kier molecular flexibility index (Phi) is 3.51. The van der Waals surface area contributed by atoms with Crippen molar-refractivity contribution in [2.75, 3.05) is 7.11 Å². The number of fused-ring (bicyclic) bond motifs is 1. The van der Waals surface area contributed by atoms with Crippen LogP contribution in [0.15, 0.2) is 36.4 Å². The Hall–Kier alpha value is -2.14. The molecule has 1 aliphatic rings. The van der Waals surface area contributed by atoms with Crippen molar-refractivity contribution in [3.63, 3.8) is 0 Å². The van der Waals surface area contributed by atoms with Gasteiger partial charge in [-0.15, -0.1) is 0 Å². The number of ether oxygens (including phenoxy) is 2. The van der Waals surface area contributed by atoms with Gasteiger partial charge in [0.25, 0.3) is 0 Å². The van der Waals surface area contributed by atoms with Gasteiger partial charge in [-0.3, -0.25) is 0 Å². The largest absolute Gasteiger partial charge is 0.497 e. The van der Waals surface area contributed by atoms with Crippen LogP contribution in [-0.4, -0.2) is 7.11 Å². The molecule has 0 fully saturated rings. The highest BCUT2D eigenvalue weighted by atomic mass is 19.2. The lowest BCUT2D eigenvalue weighted by Crippen LogP contribution is -2.25. The van der Waals surface area contributed by atoms with E-state index in [2.05, 4.69) is 0 Å². The monoisotopic (exact) mass is 291 g/mol. The molecule has 0 aliphatic carbocycles. The van der Waals surface area contributed by atoms with Crippen LogP contribution in [0.2, 0.25) is 0 Å². The Morgan fingerprint density at radius 2 is 2.00 bits per heavy atom. The number of methoxy groups -OCH3 is 1. The van der Waals surface area contributed by atoms with Crippen molar-refractivity contribution in [1.82, 2.24) is 0 Å². The Labute approximate surface area is 121 Å². The molecular weight excluding hydrogens is 276 g/mol. The fourth-order valence-corrected chi connectivity index (χ4v) is 2.57. The highest BCUT2D eigenvalue weighted by Crippen LogP contribution is 2.41. The fraction of sp³-hybridized carbons (Fsp3) is 0.250. The topological polar surface area (TPSA) is 44.5 Å². The summed E-state index contributed by atoms with van der Waals surface area (Å²) in [7, 11) is 1.55. The van der Waals surface area contributed by atoms with Gasteiger partial charge in [0.15, 0.2) is 11.6 Å². The van der Waals surface area contributed by atoms with E-state index >= 15 is 0 Å². The van der Waals surface area contributed by atoms with E-state index in [0.717, 1.165) is 11.6 Å². The second-order valence-corrected chi connectivity index (χ2v) is 5.00. The van der Waals surface area contributed by atoms with E-state index in [1.807, 2.05) is 6.07 Å². The molecular formula is C16H15F2NO2. The Bertz CT molecular complexity index is 675. The lowest BCUT2D eigenvalue weighted by Gasteiger charge is -2.31. The van der Waals surface area contributed by atoms with Crippen LogP contribution in [0.3, 0.4) is 0 Å². The fourth-order valence-electron chi connectivity index (χ4n) is 2.57. The van der Waals surface area contributed by atoms with Crippen LogP contribution < -0.4 is 15.2 Å². The summed E-state index contributed by atoms with van der Waals surface area (Å²) in [5, 5.41) is 0. The van der Waals surface area contributed by atoms with Crippen LogP contribution in [0.4, 0.5) is 8.78 Å². The van der Waals surface area contributed by atoms with Crippen LogP contribution in [0.1, 0.15) is 29.7 Å². The van der Waals surface area contributed by atoms with Crippen molar-refractivity contribution < 1.29 is 18.3 Å². The number of hydrogen-bond acceptors (Lipinski definition) is 3. The number of rotatable bonds is 2.